The summed E-state index contributed by atoms with van der Waals surface area (Å²) in [6.07, 6.45) is 10.8. The molecule has 0 radical (unpaired) electrons. The topological polar surface area (TPSA) is 89.6 Å². The highest BCUT2D eigenvalue weighted by molar-refractivity contribution is 6.00. The predicted octanol–water partition coefficient (Wildman–Crippen LogP) is 4.97. The third kappa shape index (κ3) is 4.50. The van der Waals surface area contributed by atoms with Crippen LogP contribution < -0.4 is 10.2 Å². The van der Waals surface area contributed by atoms with Crippen LogP contribution in [-0.4, -0.2) is 56.4 Å². The van der Waals surface area contributed by atoms with Crippen LogP contribution in [0.5, 0.6) is 0 Å². The molecule has 0 unspecified atom stereocenters. The van der Waals surface area contributed by atoms with Gasteiger partial charge in [0.15, 0.2) is 5.65 Å². The average molecular weight is 536 g/mol. The van der Waals surface area contributed by atoms with Gasteiger partial charge in [-0.05, 0) is 49.8 Å². The lowest BCUT2D eigenvalue weighted by Gasteiger charge is -2.26. The lowest BCUT2D eigenvalue weighted by molar-refractivity contribution is 0.0697. The highest BCUT2D eigenvalue weighted by Gasteiger charge is 2.26. The summed E-state index contributed by atoms with van der Waals surface area (Å²) in [6.45, 7) is 2.22. The van der Waals surface area contributed by atoms with Crippen LogP contribution in [0.2, 0.25) is 0 Å². The average Bonchev–Trinajstić information content (AvgIpc) is 3.60. The number of hydrogen-bond acceptors (Lipinski definition) is 6. The number of amides is 1. The molecule has 1 N–H and O–H groups in total. The van der Waals surface area contributed by atoms with Crippen molar-refractivity contribution in [3.8, 4) is 22.6 Å². The Labute approximate surface area is 233 Å². The van der Waals surface area contributed by atoms with E-state index in [2.05, 4.69) is 56.4 Å². The van der Waals surface area contributed by atoms with Crippen molar-refractivity contribution >= 4 is 17.4 Å². The van der Waals surface area contributed by atoms with Gasteiger partial charge < -0.3 is 19.5 Å². The van der Waals surface area contributed by atoms with Crippen LogP contribution in [0.1, 0.15) is 54.1 Å². The number of rotatable bonds is 7. The molecular weight excluding hydrogens is 502 g/mol. The van der Waals surface area contributed by atoms with Gasteiger partial charge in [-0.15, -0.1) is 0 Å². The van der Waals surface area contributed by atoms with Gasteiger partial charge in [0.2, 0.25) is 0 Å². The predicted molar refractivity (Wildman–Crippen MR) is 154 cm³/mol. The second-order valence-corrected chi connectivity index (χ2v) is 10.9. The molecule has 0 spiro atoms. The molecule has 1 amide bonds. The van der Waals surface area contributed by atoms with E-state index < -0.39 is 0 Å². The van der Waals surface area contributed by atoms with Crippen LogP contribution >= 0.6 is 0 Å². The zero-order chi connectivity index (χ0) is 27.1. The molecule has 0 bridgehead atoms. The van der Waals surface area contributed by atoms with E-state index in [4.69, 9.17) is 14.7 Å². The molecule has 1 saturated heterocycles. The van der Waals surface area contributed by atoms with E-state index in [0.717, 1.165) is 73.8 Å². The van der Waals surface area contributed by atoms with Crippen molar-refractivity contribution in [2.75, 3.05) is 25.2 Å². The Balaban J connectivity index is 1.32. The van der Waals surface area contributed by atoms with Gasteiger partial charge in [-0.3, -0.25) is 4.79 Å². The van der Waals surface area contributed by atoms with Gasteiger partial charge in [0.25, 0.3) is 5.91 Å². The molecular formula is C31H33N7O2. The molecule has 3 aliphatic heterocycles. The number of ether oxygens (including phenoxy) is 1. The van der Waals surface area contributed by atoms with Crippen molar-refractivity contribution in [2.45, 2.75) is 50.7 Å². The fourth-order valence-corrected chi connectivity index (χ4v) is 5.79. The van der Waals surface area contributed by atoms with E-state index in [0.29, 0.717) is 23.8 Å². The molecule has 204 valence electrons. The monoisotopic (exact) mass is 535 g/mol. The van der Waals surface area contributed by atoms with Crippen LogP contribution in [0.3, 0.4) is 0 Å². The van der Waals surface area contributed by atoms with Gasteiger partial charge >= 0.3 is 0 Å². The van der Waals surface area contributed by atoms with E-state index in [9.17, 15) is 4.79 Å². The maximum Gasteiger partial charge on any atom is 0.256 e. The molecule has 2 fully saturated rings. The van der Waals surface area contributed by atoms with Crippen LogP contribution in [0.25, 0.3) is 28.3 Å². The van der Waals surface area contributed by atoms with Crippen molar-refractivity contribution in [1.82, 2.24) is 29.5 Å². The summed E-state index contributed by atoms with van der Waals surface area (Å²) in [5.41, 5.74) is 4.98. The van der Waals surface area contributed by atoms with Crippen molar-refractivity contribution < 1.29 is 9.53 Å². The SMILES string of the molecule is CN(Cc1ccccc1)c1cc(-c2cnc3n(C4CCOCC4)cccc2-3)nc2c(C(=O)NC3CCC3)cnn12. The second-order valence-electron chi connectivity index (χ2n) is 10.9. The first kappa shape index (κ1) is 24.8. The maximum atomic E-state index is 13.3. The quantitative estimate of drug-likeness (QED) is 0.317. The third-order valence-electron chi connectivity index (χ3n) is 8.25. The molecule has 1 aromatic carbocycles. The van der Waals surface area contributed by atoms with Gasteiger partial charge in [-0.2, -0.15) is 9.61 Å². The molecule has 40 heavy (non-hydrogen) atoms. The van der Waals surface area contributed by atoms with Crippen LogP contribution in [0, 0.1) is 0 Å². The van der Waals surface area contributed by atoms with Crippen LogP contribution in [0.4, 0.5) is 5.82 Å². The van der Waals surface area contributed by atoms with E-state index in [1.807, 2.05) is 31.4 Å². The number of aromatic nitrogens is 5. The van der Waals surface area contributed by atoms with Gasteiger partial charge in [0.05, 0.1) is 11.9 Å². The van der Waals surface area contributed by atoms with Gasteiger partial charge in [0.1, 0.15) is 17.2 Å². The molecule has 1 saturated carbocycles. The van der Waals surface area contributed by atoms with Crippen LogP contribution in [-0.2, 0) is 11.3 Å². The fraction of sp³-hybridized carbons (Fsp3) is 0.355. The highest BCUT2D eigenvalue weighted by Crippen LogP contribution is 2.37. The van der Waals surface area contributed by atoms with Gasteiger partial charge in [-0.1, -0.05) is 30.3 Å². The normalized spacial score (nSPS) is 16.3. The minimum atomic E-state index is -0.121. The first-order valence-electron chi connectivity index (χ1n) is 14.1. The fourth-order valence-electron chi connectivity index (χ4n) is 5.79. The Morgan fingerprint density at radius 3 is 2.65 bits per heavy atom. The number of hydrogen-bond donors (Lipinski definition) is 1. The standard InChI is InChI=1S/C31H33N7O2/c1-36(20-21-7-3-2-4-8-21)28-17-27(35-30-26(19-33-38(28)30)31(39)34-22-9-5-10-22)25-18-32-29-24(25)11-6-14-37(29)23-12-15-40-16-13-23/h2-4,6-8,11,14,17-19,22-23H,5,9-10,12-13,15-16,20H2,1H3,(H,34,39). The molecule has 4 aliphatic rings. The number of nitrogens with one attached hydrogen (secondary N) is 1. The van der Waals surface area contributed by atoms with Crippen molar-refractivity contribution in [3.05, 3.63) is 78.2 Å². The summed E-state index contributed by atoms with van der Waals surface area (Å²) in [5, 5.41) is 7.79. The summed E-state index contributed by atoms with van der Waals surface area (Å²) < 4.78 is 9.65. The third-order valence-corrected chi connectivity index (χ3v) is 8.25. The van der Waals surface area contributed by atoms with Crippen molar-refractivity contribution in [1.29, 1.82) is 0 Å². The Hall–Kier alpha value is -4.24. The van der Waals surface area contributed by atoms with Crippen molar-refractivity contribution in [3.63, 3.8) is 0 Å². The van der Waals surface area contributed by atoms with Gasteiger partial charge in [-0.25, -0.2) is 9.97 Å². The largest absolute Gasteiger partial charge is 0.381 e. The number of benzene rings is 1. The minimum absolute atomic E-state index is 0.121. The molecule has 2 aromatic heterocycles. The molecule has 1 aliphatic carbocycles. The summed E-state index contributed by atoms with van der Waals surface area (Å²) in [7, 11) is 2.04. The Kier molecular flexibility index (Phi) is 6.43. The first-order chi connectivity index (χ1) is 19.7. The van der Waals surface area contributed by atoms with Gasteiger partial charge in [0, 0.05) is 68.5 Å². The summed E-state index contributed by atoms with van der Waals surface area (Å²) >= 11 is 0. The number of carbonyl (C=O) groups is 1. The minimum Gasteiger partial charge on any atom is -0.381 e. The smallest absolute Gasteiger partial charge is 0.256 e. The van der Waals surface area contributed by atoms with E-state index >= 15 is 0 Å². The Morgan fingerprint density at radius 1 is 1.05 bits per heavy atom. The van der Waals surface area contributed by atoms with E-state index in [1.54, 1.807) is 10.7 Å². The number of carbonyl (C=O) groups excluding carboxylic acids is 1. The molecule has 0 atom stereocenters. The first-order valence-corrected chi connectivity index (χ1v) is 14.1. The molecule has 5 heterocycles. The zero-order valence-electron chi connectivity index (χ0n) is 22.7. The Bertz CT molecular complexity index is 1620. The Morgan fingerprint density at radius 2 is 1.88 bits per heavy atom. The number of nitrogens with zero attached hydrogens (tertiary/aromatic N) is 6. The van der Waals surface area contributed by atoms with E-state index in [1.165, 1.54) is 5.56 Å². The summed E-state index contributed by atoms with van der Waals surface area (Å²) in [6, 6.07) is 17.2. The molecule has 9 nitrogen and oxygen atoms in total. The highest BCUT2D eigenvalue weighted by atomic mass is 16.5. The maximum absolute atomic E-state index is 13.3. The number of pyridine rings is 1. The zero-order valence-corrected chi connectivity index (χ0v) is 22.7. The summed E-state index contributed by atoms with van der Waals surface area (Å²) in [4.78, 5) is 25.3. The number of fused-ring (bicyclic) bond motifs is 2. The molecule has 9 heteroatoms. The summed E-state index contributed by atoms with van der Waals surface area (Å²) in [5.74, 6) is 1.68. The van der Waals surface area contributed by atoms with E-state index in [-0.39, 0.29) is 11.9 Å². The van der Waals surface area contributed by atoms with Crippen molar-refractivity contribution in [2.24, 2.45) is 0 Å². The second kappa shape index (κ2) is 10.4. The van der Waals surface area contributed by atoms with Crippen LogP contribution in [0.15, 0.2) is 67.1 Å². The molecule has 3 aromatic rings. The number of anilines is 1. The lowest BCUT2D eigenvalue weighted by atomic mass is 9.93. The lowest BCUT2D eigenvalue weighted by Crippen LogP contribution is -2.39. The molecule has 7 rings (SSSR count).